The molecule has 0 aliphatic heterocycles. The third-order valence-corrected chi connectivity index (χ3v) is 3.34. The lowest BCUT2D eigenvalue weighted by Gasteiger charge is -1.97. The largest absolute Gasteiger partial charge is 0.478 e. The Kier molecular flexibility index (Phi) is 5.49. The van der Waals surface area contributed by atoms with Crippen molar-refractivity contribution in [3.8, 4) is 11.5 Å². The van der Waals surface area contributed by atoms with Gasteiger partial charge in [0.15, 0.2) is 0 Å². The number of aromatic carboxylic acids is 1. The van der Waals surface area contributed by atoms with Crippen molar-refractivity contribution in [1.29, 1.82) is 0 Å². The molecule has 0 saturated heterocycles. The van der Waals surface area contributed by atoms with Gasteiger partial charge >= 0.3 is 5.97 Å². The molecule has 112 valence electrons. The second-order valence-electron chi connectivity index (χ2n) is 5.05. The number of aromatic nitrogens is 2. The Morgan fingerprint density at radius 1 is 1.10 bits per heavy atom. The first kappa shape index (κ1) is 15.2. The van der Waals surface area contributed by atoms with Crippen LogP contribution in [0.4, 0.5) is 0 Å². The van der Waals surface area contributed by atoms with Gasteiger partial charge in [0.05, 0.1) is 5.56 Å². The molecule has 0 saturated carbocycles. The summed E-state index contributed by atoms with van der Waals surface area (Å²) in [5, 5.41) is 16.9. The number of carboxylic acids is 1. The fourth-order valence-corrected chi connectivity index (χ4v) is 2.11. The molecule has 0 amide bonds. The minimum absolute atomic E-state index is 0.245. The minimum Gasteiger partial charge on any atom is -0.478 e. The highest BCUT2D eigenvalue weighted by molar-refractivity contribution is 5.88. The molecule has 0 aliphatic rings. The van der Waals surface area contributed by atoms with E-state index in [1.54, 1.807) is 12.1 Å². The molecule has 0 radical (unpaired) electrons. The van der Waals surface area contributed by atoms with Crippen molar-refractivity contribution in [2.24, 2.45) is 0 Å². The molecule has 0 aliphatic carbocycles. The van der Waals surface area contributed by atoms with E-state index in [1.807, 2.05) is 0 Å². The second-order valence-corrected chi connectivity index (χ2v) is 5.05. The molecular formula is C16H20N2O3. The standard InChI is InChI=1S/C16H20N2O3/c1-2-3-4-5-6-7-14-17-18-15(21-14)12-8-10-13(11-9-12)16(19)20/h8-11H,2-7H2,1H3,(H,19,20). The molecule has 0 bridgehead atoms. The summed E-state index contributed by atoms with van der Waals surface area (Å²) in [6.45, 7) is 2.19. The average Bonchev–Trinajstić information content (AvgIpc) is 2.96. The zero-order valence-electron chi connectivity index (χ0n) is 12.2. The van der Waals surface area contributed by atoms with Crippen molar-refractivity contribution in [2.75, 3.05) is 0 Å². The molecule has 5 heteroatoms. The van der Waals surface area contributed by atoms with E-state index in [0.29, 0.717) is 11.8 Å². The van der Waals surface area contributed by atoms with Gasteiger partial charge < -0.3 is 9.52 Å². The molecule has 0 atom stereocenters. The average molecular weight is 288 g/mol. The minimum atomic E-state index is -0.945. The third-order valence-electron chi connectivity index (χ3n) is 3.34. The van der Waals surface area contributed by atoms with E-state index in [1.165, 1.54) is 37.8 Å². The van der Waals surface area contributed by atoms with Gasteiger partial charge in [-0.05, 0) is 30.7 Å². The van der Waals surface area contributed by atoms with Crippen molar-refractivity contribution in [3.05, 3.63) is 35.7 Å². The lowest BCUT2D eigenvalue weighted by Crippen LogP contribution is -1.94. The molecule has 2 aromatic rings. The van der Waals surface area contributed by atoms with Crippen LogP contribution in [-0.2, 0) is 6.42 Å². The Hall–Kier alpha value is -2.17. The van der Waals surface area contributed by atoms with Crippen molar-refractivity contribution in [3.63, 3.8) is 0 Å². The molecule has 2 rings (SSSR count). The Morgan fingerprint density at radius 3 is 2.48 bits per heavy atom. The number of nitrogens with zero attached hydrogens (tertiary/aromatic N) is 2. The molecule has 1 heterocycles. The van der Waals surface area contributed by atoms with Crippen LogP contribution in [0.5, 0.6) is 0 Å². The Morgan fingerprint density at radius 2 is 1.81 bits per heavy atom. The van der Waals surface area contributed by atoms with Gasteiger partial charge in [-0.25, -0.2) is 4.79 Å². The van der Waals surface area contributed by atoms with Crippen molar-refractivity contribution in [2.45, 2.75) is 45.4 Å². The van der Waals surface area contributed by atoms with Gasteiger partial charge in [0.25, 0.3) is 0 Å². The zero-order chi connectivity index (χ0) is 15.1. The summed E-state index contributed by atoms with van der Waals surface area (Å²) in [5.74, 6) is 0.138. The predicted molar refractivity (Wildman–Crippen MR) is 79.2 cm³/mol. The van der Waals surface area contributed by atoms with Crippen LogP contribution in [-0.4, -0.2) is 21.3 Å². The number of unbranched alkanes of at least 4 members (excludes halogenated alkanes) is 4. The maximum absolute atomic E-state index is 10.8. The molecule has 1 aromatic heterocycles. The van der Waals surface area contributed by atoms with Crippen LogP contribution in [0.1, 0.15) is 55.3 Å². The molecular weight excluding hydrogens is 268 g/mol. The van der Waals surface area contributed by atoms with E-state index >= 15 is 0 Å². The maximum atomic E-state index is 10.8. The monoisotopic (exact) mass is 288 g/mol. The van der Waals surface area contributed by atoms with Gasteiger partial charge in [-0.1, -0.05) is 32.6 Å². The second kappa shape index (κ2) is 7.57. The lowest BCUT2D eigenvalue weighted by molar-refractivity contribution is 0.0697. The predicted octanol–water partition coefficient (Wildman–Crippen LogP) is 3.95. The fourth-order valence-electron chi connectivity index (χ4n) is 2.11. The summed E-state index contributed by atoms with van der Waals surface area (Å²) in [4.78, 5) is 10.8. The van der Waals surface area contributed by atoms with Crippen LogP contribution in [0.2, 0.25) is 0 Å². The number of hydrogen-bond acceptors (Lipinski definition) is 4. The first-order valence-electron chi connectivity index (χ1n) is 7.37. The molecule has 0 fully saturated rings. The molecule has 0 spiro atoms. The summed E-state index contributed by atoms with van der Waals surface area (Å²) in [5.41, 5.74) is 0.985. The SMILES string of the molecule is CCCCCCCc1nnc(-c2ccc(C(=O)O)cc2)o1. The molecule has 0 unspecified atom stereocenters. The first-order chi connectivity index (χ1) is 10.2. The van der Waals surface area contributed by atoms with Gasteiger partial charge in [0, 0.05) is 12.0 Å². The summed E-state index contributed by atoms with van der Waals surface area (Å²) in [6, 6.07) is 6.43. The Labute approximate surface area is 124 Å². The highest BCUT2D eigenvalue weighted by atomic mass is 16.4. The number of hydrogen-bond donors (Lipinski definition) is 1. The number of benzene rings is 1. The zero-order valence-corrected chi connectivity index (χ0v) is 12.2. The van der Waals surface area contributed by atoms with E-state index in [0.717, 1.165) is 18.4 Å². The van der Waals surface area contributed by atoms with Crippen LogP contribution < -0.4 is 0 Å². The third kappa shape index (κ3) is 4.41. The van der Waals surface area contributed by atoms with E-state index in [9.17, 15) is 4.79 Å². The van der Waals surface area contributed by atoms with Crippen molar-refractivity contribution in [1.82, 2.24) is 10.2 Å². The summed E-state index contributed by atoms with van der Waals surface area (Å²) < 4.78 is 5.61. The van der Waals surface area contributed by atoms with E-state index in [-0.39, 0.29) is 5.56 Å². The molecule has 21 heavy (non-hydrogen) atoms. The van der Waals surface area contributed by atoms with Gasteiger partial charge in [-0.2, -0.15) is 0 Å². The molecule has 1 aromatic carbocycles. The van der Waals surface area contributed by atoms with E-state index in [4.69, 9.17) is 9.52 Å². The van der Waals surface area contributed by atoms with Gasteiger partial charge in [0.2, 0.25) is 11.8 Å². The number of aryl methyl sites for hydroxylation is 1. The van der Waals surface area contributed by atoms with E-state index in [2.05, 4.69) is 17.1 Å². The summed E-state index contributed by atoms with van der Waals surface area (Å²) >= 11 is 0. The Balaban J connectivity index is 1.91. The normalized spacial score (nSPS) is 10.7. The Bertz CT molecular complexity index is 575. The number of carbonyl (C=O) groups is 1. The highest BCUT2D eigenvalue weighted by Crippen LogP contribution is 2.19. The van der Waals surface area contributed by atoms with Crippen molar-refractivity contribution < 1.29 is 14.3 Å². The van der Waals surface area contributed by atoms with E-state index < -0.39 is 5.97 Å². The van der Waals surface area contributed by atoms with Crippen LogP contribution in [0.15, 0.2) is 28.7 Å². The fraction of sp³-hybridized carbons (Fsp3) is 0.438. The van der Waals surface area contributed by atoms with Crippen LogP contribution in [0, 0.1) is 0 Å². The number of carboxylic acid groups (broad SMARTS) is 1. The smallest absolute Gasteiger partial charge is 0.335 e. The van der Waals surface area contributed by atoms with Crippen LogP contribution >= 0.6 is 0 Å². The highest BCUT2D eigenvalue weighted by Gasteiger charge is 2.09. The van der Waals surface area contributed by atoms with Gasteiger partial charge in [-0.15, -0.1) is 10.2 Å². The van der Waals surface area contributed by atoms with Gasteiger partial charge in [-0.3, -0.25) is 0 Å². The lowest BCUT2D eigenvalue weighted by atomic mass is 10.1. The van der Waals surface area contributed by atoms with Crippen LogP contribution in [0.25, 0.3) is 11.5 Å². The topological polar surface area (TPSA) is 76.2 Å². The first-order valence-corrected chi connectivity index (χ1v) is 7.37. The molecule has 5 nitrogen and oxygen atoms in total. The van der Waals surface area contributed by atoms with Gasteiger partial charge in [0.1, 0.15) is 0 Å². The quantitative estimate of drug-likeness (QED) is 0.744. The molecule has 1 N–H and O–H groups in total. The van der Waals surface area contributed by atoms with Crippen molar-refractivity contribution >= 4 is 5.97 Å². The maximum Gasteiger partial charge on any atom is 0.335 e. The van der Waals surface area contributed by atoms with Crippen LogP contribution in [0.3, 0.4) is 0 Å². The summed E-state index contributed by atoms with van der Waals surface area (Å²) in [6.07, 6.45) is 6.78. The number of rotatable bonds is 8. The summed E-state index contributed by atoms with van der Waals surface area (Å²) in [7, 11) is 0.